The van der Waals surface area contributed by atoms with Gasteiger partial charge in [-0.15, -0.1) is 0 Å². The van der Waals surface area contributed by atoms with Crippen LogP contribution in [0.15, 0.2) is 46.3 Å². The van der Waals surface area contributed by atoms with Gasteiger partial charge in [0.2, 0.25) is 0 Å². The first-order valence-electron chi connectivity index (χ1n) is 15.6. The van der Waals surface area contributed by atoms with Crippen LogP contribution in [0.2, 0.25) is 0 Å². The first-order chi connectivity index (χ1) is 21.8. The number of aromatic nitrogens is 2. The molecule has 46 heavy (non-hydrogen) atoms. The van der Waals surface area contributed by atoms with Gasteiger partial charge in [0.1, 0.15) is 0 Å². The number of methoxy groups -OCH3 is 1. The SMILES string of the molecule is C=Cc1c2[nH]c(c1C)/C=C1\N=C(C3=c4[nH]/c(c(C)c4C(=O)[C@@H]3CC(=O)OC)=C\C(=C)/C(CC)=C(/C)C(N)=C2)[C@@H](CCC(=O)O)[C@@H]1C. The van der Waals surface area contributed by atoms with E-state index in [-0.39, 0.29) is 30.5 Å². The Morgan fingerprint density at radius 3 is 2.48 bits per heavy atom. The molecule has 3 aliphatic rings. The van der Waals surface area contributed by atoms with E-state index in [1.165, 1.54) is 7.11 Å². The summed E-state index contributed by atoms with van der Waals surface area (Å²) in [4.78, 5) is 50.7. The number of allylic oxidation sites excluding steroid dienone is 4. The van der Waals surface area contributed by atoms with Gasteiger partial charge in [-0.2, -0.15) is 0 Å². The van der Waals surface area contributed by atoms with Gasteiger partial charge in [-0.3, -0.25) is 19.4 Å². The number of carboxylic acids is 1. The Kier molecular flexibility index (Phi) is 8.80. The standard InChI is InChI=1S/C37H42N4O5/c1-9-22-17(3)13-27-21(7)33-36(41-27)34(25(37(33)45)14-32(44)46-8)35-24(11-12-31(42)43)20(6)29(40-35)16-28-19(5)23(10-2)30(39-28)15-26(38)18(22)4/h10,13,15-16,20,24-25,39,41H,2-3,9,11-12,14,38H2,1,4-8H3,(H,42,43)/b22-18-,26-15?,27-13-,29-16-/t20-,24-,25+/m0/s1. The molecule has 0 amide bonds. The maximum absolute atomic E-state index is 14.1. The first kappa shape index (κ1) is 32.5. The van der Waals surface area contributed by atoms with Crippen molar-refractivity contribution in [1.82, 2.24) is 9.97 Å². The molecule has 2 aromatic heterocycles. The van der Waals surface area contributed by atoms with Crippen LogP contribution >= 0.6 is 0 Å². The number of carbonyl (C=O) groups is 3. The van der Waals surface area contributed by atoms with Crippen LogP contribution in [0.3, 0.4) is 0 Å². The molecule has 0 fully saturated rings. The Labute approximate surface area is 268 Å². The van der Waals surface area contributed by atoms with Crippen LogP contribution in [-0.4, -0.2) is 45.6 Å². The smallest absolute Gasteiger partial charge is 0.306 e. The van der Waals surface area contributed by atoms with Crippen LogP contribution in [-0.2, 0) is 14.3 Å². The number of Topliss-reactive ketones (excluding diaryl/α,β-unsaturated/α-hetero) is 1. The van der Waals surface area contributed by atoms with E-state index in [2.05, 4.69) is 23.1 Å². The van der Waals surface area contributed by atoms with Gasteiger partial charge in [0.15, 0.2) is 5.78 Å². The zero-order chi connectivity index (χ0) is 33.6. The van der Waals surface area contributed by atoms with Crippen molar-refractivity contribution in [1.29, 1.82) is 0 Å². The number of ketones is 1. The van der Waals surface area contributed by atoms with E-state index < -0.39 is 17.9 Å². The average Bonchev–Trinajstić information content (AvgIpc) is 3.67. The van der Waals surface area contributed by atoms with Crippen LogP contribution < -0.4 is 16.4 Å². The minimum Gasteiger partial charge on any atom is -0.481 e. The summed E-state index contributed by atoms with van der Waals surface area (Å²) >= 11 is 0. The molecular weight excluding hydrogens is 580 g/mol. The van der Waals surface area contributed by atoms with Crippen LogP contribution in [0.5, 0.6) is 0 Å². The van der Waals surface area contributed by atoms with Gasteiger partial charge >= 0.3 is 11.9 Å². The van der Waals surface area contributed by atoms with Crippen molar-refractivity contribution in [2.45, 2.75) is 60.3 Å². The minimum atomic E-state index is -0.913. The number of aromatic amines is 2. The molecule has 0 spiro atoms. The molecule has 0 aromatic carbocycles. The summed E-state index contributed by atoms with van der Waals surface area (Å²) in [6, 6.07) is 0. The van der Waals surface area contributed by atoms with Crippen molar-refractivity contribution in [3.63, 3.8) is 0 Å². The largest absolute Gasteiger partial charge is 0.481 e. The van der Waals surface area contributed by atoms with E-state index in [9.17, 15) is 19.5 Å². The van der Waals surface area contributed by atoms with Crippen LogP contribution in [0.4, 0.5) is 0 Å². The van der Waals surface area contributed by atoms with Crippen molar-refractivity contribution in [2.24, 2.45) is 28.5 Å². The molecule has 2 aliphatic heterocycles. The number of nitrogens with two attached hydrogens (primary N) is 1. The third-order valence-electron chi connectivity index (χ3n) is 9.79. The Hall–Kier alpha value is -4.92. The molecule has 6 bridgehead atoms. The fourth-order valence-electron chi connectivity index (χ4n) is 7.11. The van der Waals surface area contributed by atoms with E-state index >= 15 is 0 Å². The maximum Gasteiger partial charge on any atom is 0.306 e. The summed E-state index contributed by atoms with van der Waals surface area (Å²) in [5.41, 5.74) is 16.7. The number of carboxylic acid groups (broad SMARTS) is 1. The van der Waals surface area contributed by atoms with E-state index in [0.29, 0.717) is 40.7 Å². The van der Waals surface area contributed by atoms with Crippen LogP contribution in [0.1, 0.15) is 84.9 Å². The van der Waals surface area contributed by atoms with Gasteiger partial charge < -0.3 is 25.5 Å². The van der Waals surface area contributed by atoms with Crippen molar-refractivity contribution < 1.29 is 24.2 Å². The van der Waals surface area contributed by atoms with E-state index in [4.69, 9.17) is 15.5 Å². The highest BCUT2D eigenvalue weighted by Gasteiger charge is 2.44. The third kappa shape index (κ3) is 5.44. The molecule has 5 N–H and O–H groups in total. The summed E-state index contributed by atoms with van der Waals surface area (Å²) in [6.07, 6.45) is 8.40. The molecule has 0 radical (unpaired) electrons. The fraction of sp³-hybridized carbons (Fsp3) is 0.351. The second kappa shape index (κ2) is 12.5. The highest BCUT2D eigenvalue weighted by atomic mass is 16.5. The average molecular weight is 623 g/mol. The fourth-order valence-corrected chi connectivity index (χ4v) is 7.11. The molecule has 3 atom stereocenters. The van der Waals surface area contributed by atoms with E-state index in [0.717, 1.165) is 55.8 Å². The number of fused-ring (bicyclic) bond motifs is 5. The zero-order valence-corrected chi connectivity index (χ0v) is 27.4. The molecule has 0 unspecified atom stereocenters. The molecule has 0 saturated heterocycles. The number of ether oxygens (including phenoxy) is 1. The Morgan fingerprint density at radius 1 is 1.13 bits per heavy atom. The predicted molar refractivity (Wildman–Crippen MR) is 182 cm³/mol. The molecule has 9 heteroatoms. The highest BCUT2D eigenvalue weighted by molar-refractivity contribution is 6.30. The number of hydrogen-bond donors (Lipinski definition) is 4. The van der Waals surface area contributed by atoms with E-state index in [1.807, 2.05) is 52.8 Å². The van der Waals surface area contributed by atoms with Crippen molar-refractivity contribution >= 4 is 53.3 Å². The predicted octanol–water partition coefficient (Wildman–Crippen LogP) is 5.12. The number of rotatable bonds is 7. The molecule has 1 aliphatic carbocycles. The normalized spacial score (nSPS) is 24.5. The van der Waals surface area contributed by atoms with Gasteiger partial charge in [0.05, 0.1) is 30.5 Å². The first-order valence-corrected chi connectivity index (χ1v) is 15.6. The lowest BCUT2D eigenvalue weighted by molar-refractivity contribution is -0.141. The lowest BCUT2D eigenvalue weighted by atomic mass is 9.80. The van der Waals surface area contributed by atoms with Gasteiger partial charge in [-0.05, 0) is 79.7 Å². The van der Waals surface area contributed by atoms with E-state index in [1.54, 1.807) is 6.08 Å². The molecule has 2 aromatic rings. The molecular formula is C37H42N4O5. The van der Waals surface area contributed by atoms with Gasteiger partial charge in [0, 0.05) is 63.1 Å². The summed E-state index contributed by atoms with van der Waals surface area (Å²) < 4.78 is 5.00. The number of H-pyrrole nitrogens is 2. The number of esters is 1. The monoisotopic (exact) mass is 622 g/mol. The summed E-state index contributed by atoms with van der Waals surface area (Å²) in [5, 5.41) is 11.0. The summed E-state index contributed by atoms with van der Waals surface area (Å²) in [5.74, 6) is -2.89. The van der Waals surface area contributed by atoms with Gasteiger partial charge in [-0.1, -0.05) is 33.1 Å². The third-order valence-corrected chi connectivity index (χ3v) is 9.79. The molecule has 240 valence electrons. The molecule has 5 rings (SSSR count). The topological polar surface area (TPSA) is 151 Å². The number of nitrogens with one attached hydrogen (secondary N) is 2. The Bertz CT molecular complexity index is 1960. The minimum absolute atomic E-state index is 0.0679. The van der Waals surface area contributed by atoms with Crippen molar-refractivity contribution in [2.75, 3.05) is 7.11 Å². The zero-order valence-electron chi connectivity index (χ0n) is 27.4. The van der Waals surface area contributed by atoms with Crippen LogP contribution in [0, 0.1) is 31.6 Å². The summed E-state index contributed by atoms with van der Waals surface area (Å²) in [7, 11) is 1.30. The van der Waals surface area contributed by atoms with Crippen LogP contribution in [0.25, 0.3) is 29.9 Å². The van der Waals surface area contributed by atoms with Gasteiger partial charge in [0.25, 0.3) is 0 Å². The van der Waals surface area contributed by atoms with Crippen molar-refractivity contribution in [3.05, 3.63) is 85.6 Å². The Morgan fingerprint density at radius 2 is 1.85 bits per heavy atom. The number of carbonyl (C=O) groups excluding carboxylic acids is 2. The molecule has 4 heterocycles. The quantitative estimate of drug-likeness (QED) is 0.315. The number of aliphatic imine (C=N–C) groups is 1. The lowest BCUT2D eigenvalue weighted by Gasteiger charge is -2.21. The number of nitrogens with zero attached hydrogens (tertiary/aromatic N) is 1. The number of hydrogen-bond acceptors (Lipinski definition) is 6. The second-order valence-corrected chi connectivity index (χ2v) is 12.3. The Balaban J connectivity index is 1.90. The maximum atomic E-state index is 14.1. The van der Waals surface area contributed by atoms with Gasteiger partial charge in [-0.25, -0.2) is 0 Å². The molecule has 9 nitrogen and oxygen atoms in total. The second-order valence-electron chi connectivity index (χ2n) is 12.3. The van der Waals surface area contributed by atoms with Crippen molar-refractivity contribution in [3.8, 4) is 0 Å². The number of aliphatic carboxylic acids is 1. The summed E-state index contributed by atoms with van der Waals surface area (Å²) in [6.45, 7) is 18.4. The lowest BCUT2D eigenvalue weighted by Crippen LogP contribution is -2.28. The molecule has 0 saturated carbocycles. The highest BCUT2D eigenvalue weighted by Crippen LogP contribution is 2.42.